The van der Waals surface area contributed by atoms with Gasteiger partial charge in [0.05, 0.1) is 11.6 Å². The topological polar surface area (TPSA) is 24.9 Å². The number of thiazole rings is 1. The van der Waals surface area contributed by atoms with Gasteiger partial charge in [0.1, 0.15) is 10.8 Å². The molecule has 1 atom stereocenters. The van der Waals surface area contributed by atoms with Crippen LogP contribution in [0.25, 0.3) is 0 Å². The fraction of sp³-hybridized carbons (Fsp3) is 0.357. The third-order valence-electron chi connectivity index (χ3n) is 3.31. The molecule has 0 amide bonds. The second-order valence-corrected chi connectivity index (χ2v) is 5.90. The number of nitrogens with one attached hydrogen (secondary N) is 1. The summed E-state index contributed by atoms with van der Waals surface area (Å²) in [6, 6.07) is 2.34. The van der Waals surface area contributed by atoms with Crippen molar-refractivity contribution >= 4 is 11.3 Å². The molecule has 7 heteroatoms. The van der Waals surface area contributed by atoms with Gasteiger partial charge < -0.3 is 5.32 Å². The van der Waals surface area contributed by atoms with Gasteiger partial charge in [-0.2, -0.15) is 13.2 Å². The van der Waals surface area contributed by atoms with E-state index in [1.165, 1.54) is 17.4 Å². The minimum Gasteiger partial charge on any atom is -0.301 e. The zero-order valence-corrected chi connectivity index (χ0v) is 11.6. The van der Waals surface area contributed by atoms with E-state index in [1.54, 1.807) is 11.6 Å². The number of halogens is 4. The quantitative estimate of drug-likeness (QED) is 0.858. The molecule has 112 valence electrons. The molecule has 2 nitrogen and oxygen atoms in total. The summed E-state index contributed by atoms with van der Waals surface area (Å²) in [4.78, 5) is 4.11. The number of hydrogen-bond donors (Lipinski definition) is 1. The molecular formula is C14H12F4N2S. The van der Waals surface area contributed by atoms with Gasteiger partial charge >= 0.3 is 6.18 Å². The lowest BCUT2D eigenvalue weighted by molar-refractivity contribution is -0.138. The van der Waals surface area contributed by atoms with Gasteiger partial charge in [0.2, 0.25) is 0 Å². The maximum Gasteiger partial charge on any atom is 0.416 e. The van der Waals surface area contributed by atoms with Crippen molar-refractivity contribution in [3.63, 3.8) is 0 Å². The lowest BCUT2D eigenvalue weighted by Crippen LogP contribution is -2.27. The minimum absolute atomic E-state index is 0.0192. The molecule has 1 heterocycles. The SMILES string of the molecule is Fc1ccc(C(NC2CC2)c2nccs2)c(C(F)(F)F)c1. The van der Waals surface area contributed by atoms with E-state index in [-0.39, 0.29) is 11.6 Å². The summed E-state index contributed by atoms with van der Waals surface area (Å²) in [5, 5.41) is 5.44. The predicted molar refractivity (Wildman–Crippen MR) is 71.5 cm³/mol. The van der Waals surface area contributed by atoms with Crippen molar-refractivity contribution in [3.05, 3.63) is 51.7 Å². The second-order valence-electron chi connectivity index (χ2n) is 4.97. The molecule has 0 saturated heterocycles. The van der Waals surface area contributed by atoms with E-state index in [0.29, 0.717) is 11.1 Å². The van der Waals surface area contributed by atoms with Crippen LogP contribution < -0.4 is 5.32 Å². The molecule has 1 aromatic heterocycles. The maximum absolute atomic E-state index is 13.2. The van der Waals surface area contributed by atoms with E-state index in [4.69, 9.17) is 0 Å². The number of benzene rings is 1. The van der Waals surface area contributed by atoms with Crippen LogP contribution in [-0.2, 0) is 6.18 Å². The van der Waals surface area contributed by atoms with Gasteiger partial charge in [-0.15, -0.1) is 11.3 Å². The molecule has 21 heavy (non-hydrogen) atoms. The summed E-state index contributed by atoms with van der Waals surface area (Å²) < 4.78 is 52.7. The Hall–Kier alpha value is -1.47. The highest BCUT2D eigenvalue weighted by Crippen LogP contribution is 2.38. The average molecular weight is 316 g/mol. The van der Waals surface area contributed by atoms with E-state index in [2.05, 4.69) is 10.3 Å². The molecule has 0 bridgehead atoms. The zero-order valence-electron chi connectivity index (χ0n) is 10.8. The van der Waals surface area contributed by atoms with Crippen LogP contribution in [0.3, 0.4) is 0 Å². The molecule has 1 fully saturated rings. The molecule has 3 rings (SSSR count). The molecule has 1 aromatic carbocycles. The van der Waals surface area contributed by atoms with Crippen LogP contribution in [0.5, 0.6) is 0 Å². The van der Waals surface area contributed by atoms with Crippen LogP contribution in [0, 0.1) is 5.82 Å². The largest absolute Gasteiger partial charge is 0.416 e. The summed E-state index contributed by atoms with van der Waals surface area (Å²) in [5.41, 5.74) is -0.929. The molecule has 0 aliphatic heterocycles. The maximum atomic E-state index is 13.2. The first-order chi connectivity index (χ1) is 9.95. The Labute approximate surface area is 122 Å². The van der Waals surface area contributed by atoms with Crippen molar-refractivity contribution in [1.82, 2.24) is 10.3 Å². The third kappa shape index (κ3) is 3.24. The molecule has 1 N–H and O–H groups in total. The number of aromatic nitrogens is 1. The monoisotopic (exact) mass is 316 g/mol. The third-order valence-corrected chi connectivity index (χ3v) is 4.15. The standard InChI is InChI=1S/C14H12F4N2S/c15-8-1-4-10(11(7-8)14(16,17)18)12(20-9-2-3-9)13-19-5-6-21-13/h1,4-7,9,12,20H,2-3H2. The van der Waals surface area contributed by atoms with Crippen molar-refractivity contribution < 1.29 is 17.6 Å². The number of alkyl halides is 3. The van der Waals surface area contributed by atoms with Crippen LogP contribution in [0.1, 0.15) is 35.0 Å². The highest BCUT2D eigenvalue weighted by molar-refractivity contribution is 7.09. The van der Waals surface area contributed by atoms with Crippen LogP contribution in [0.15, 0.2) is 29.8 Å². The van der Waals surface area contributed by atoms with Crippen LogP contribution in [0.2, 0.25) is 0 Å². The summed E-state index contributed by atoms with van der Waals surface area (Å²) in [6.07, 6.45) is -1.18. The lowest BCUT2D eigenvalue weighted by Gasteiger charge is -2.21. The molecule has 0 spiro atoms. The fourth-order valence-corrected chi connectivity index (χ4v) is 2.90. The predicted octanol–water partition coefficient (Wildman–Crippen LogP) is 4.14. The molecular weight excluding hydrogens is 304 g/mol. The van der Waals surface area contributed by atoms with Gasteiger partial charge in [-0.05, 0) is 30.5 Å². The molecule has 1 aliphatic rings. The van der Waals surface area contributed by atoms with Gasteiger partial charge in [-0.1, -0.05) is 6.07 Å². The Morgan fingerprint density at radius 3 is 2.62 bits per heavy atom. The second kappa shape index (κ2) is 5.38. The van der Waals surface area contributed by atoms with Gasteiger partial charge in [-0.3, -0.25) is 0 Å². The molecule has 1 saturated carbocycles. The average Bonchev–Trinajstić information content (AvgIpc) is 3.07. The Bertz CT molecular complexity index is 620. The first-order valence-electron chi connectivity index (χ1n) is 6.47. The zero-order chi connectivity index (χ0) is 15.0. The number of hydrogen-bond acceptors (Lipinski definition) is 3. The summed E-state index contributed by atoms with van der Waals surface area (Å²) in [6.45, 7) is 0. The number of nitrogens with zero attached hydrogens (tertiary/aromatic N) is 1. The van der Waals surface area contributed by atoms with Crippen molar-refractivity contribution in [2.24, 2.45) is 0 Å². The van der Waals surface area contributed by atoms with Crippen molar-refractivity contribution in [3.8, 4) is 0 Å². The summed E-state index contributed by atoms with van der Waals surface area (Å²) in [5.74, 6) is -0.893. The van der Waals surface area contributed by atoms with E-state index in [0.717, 1.165) is 18.9 Å². The first kappa shape index (κ1) is 14.5. The van der Waals surface area contributed by atoms with Crippen LogP contribution >= 0.6 is 11.3 Å². The number of rotatable bonds is 4. The summed E-state index contributed by atoms with van der Waals surface area (Å²) >= 11 is 1.28. The van der Waals surface area contributed by atoms with Crippen molar-refractivity contribution in [2.75, 3.05) is 0 Å². The van der Waals surface area contributed by atoms with Crippen LogP contribution in [-0.4, -0.2) is 11.0 Å². The summed E-state index contributed by atoms with van der Waals surface area (Å²) in [7, 11) is 0. The smallest absolute Gasteiger partial charge is 0.301 e. The minimum atomic E-state index is -4.60. The highest BCUT2D eigenvalue weighted by Gasteiger charge is 2.38. The lowest BCUT2D eigenvalue weighted by atomic mass is 9.99. The van der Waals surface area contributed by atoms with Crippen molar-refractivity contribution in [2.45, 2.75) is 31.1 Å². The van der Waals surface area contributed by atoms with Gasteiger partial charge in [-0.25, -0.2) is 9.37 Å². The van der Waals surface area contributed by atoms with Crippen molar-refractivity contribution in [1.29, 1.82) is 0 Å². The van der Waals surface area contributed by atoms with E-state index < -0.39 is 23.6 Å². The van der Waals surface area contributed by atoms with Gasteiger partial charge in [0, 0.05) is 17.6 Å². The Kier molecular flexibility index (Phi) is 3.71. The normalized spacial score (nSPS) is 17.0. The van der Waals surface area contributed by atoms with Gasteiger partial charge in [0.15, 0.2) is 0 Å². The van der Waals surface area contributed by atoms with E-state index >= 15 is 0 Å². The molecule has 0 radical (unpaired) electrons. The Morgan fingerprint density at radius 1 is 1.29 bits per heavy atom. The highest BCUT2D eigenvalue weighted by atomic mass is 32.1. The van der Waals surface area contributed by atoms with Crippen LogP contribution in [0.4, 0.5) is 17.6 Å². The Balaban J connectivity index is 2.06. The molecule has 1 unspecified atom stereocenters. The fourth-order valence-electron chi connectivity index (χ4n) is 2.18. The van der Waals surface area contributed by atoms with E-state index in [1.807, 2.05) is 0 Å². The molecule has 1 aliphatic carbocycles. The van der Waals surface area contributed by atoms with E-state index in [9.17, 15) is 17.6 Å². The van der Waals surface area contributed by atoms with Gasteiger partial charge in [0.25, 0.3) is 0 Å². The molecule has 2 aromatic rings. The first-order valence-corrected chi connectivity index (χ1v) is 7.35. The Morgan fingerprint density at radius 2 is 2.05 bits per heavy atom.